The van der Waals surface area contributed by atoms with Crippen LogP contribution in [-0.4, -0.2) is 43.2 Å². The van der Waals surface area contributed by atoms with Gasteiger partial charge in [0.15, 0.2) is 0 Å². The third-order valence-electron chi connectivity index (χ3n) is 3.05. The molecule has 0 N–H and O–H groups in total. The number of nitrogens with zero attached hydrogens (tertiary/aromatic N) is 2. The maximum Gasteiger partial charge on any atom is 0.432 e. The molecule has 1 aliphatic heterocycles. The van der Waals surface area contributed by atoms with Crippen LogP contribution in [0.5, 0.6) is 0 Å². The molecule has 15 heavy (non-hydrogen) atoms. The maximum absolute atomic E-state index is 13.9. The van der Waals surface area contributed by atoms with Crippen LogP contribution in [0.1, 0.15) is 20.8 Å². The summed E-state index contributed by atoms with van der Waals surface area (Å²) in [4.78, 5) is 3.87. The molecule has 1 heterocycles. The maximum atomic E-state index is 13.9. The fourth-order valence-electron chi connectivity index (χ4n) is 2.17. The normalized spacial score (nSPS) is 21.7. The van der Waals surface area contributed by atoms with Gasteiger partial charge >= 0.3 is 7.12 Å². The largest absolute Gasteiger partial charge is 0.432 e. The molecule has 0 fully saturated rings. The predicted molar refractivity (Wildman–Crippen MR) is 66.6 cm³/mol. The molecule has 1 aliphatic rings. The van der Waals surface area contributed by atoms with E-state index in [4.69, 9.17) is 0 Å². The zero-order chi connectivity index (χ0) is 11.8. The number of rotatable bonds is 2. The van der Waals surface area contributed by atoms with Gasteiger partial charge in [0.25, 0.3) is 6.85 Å². The standard InChI is InChI=1S/C10H21B2FN2/c1-10(2,3)15-8-7-9(11(15)4)12(13)14(5)6/h7-9H,1-6H3. The van der Waals surface area contributed by atoms with Crippen molar-refractivity contribution in [3.05, 3.63) is 12.3 Å². The van der Waals surface area contributed by atoms with Gasteiger partial charge in [-0.25, -0.2) is 0 Å². The second-order valence-corrected chi connectivity index (χ2v) is 5.57. The Kier molecular flexibility index (Phi) is 3.54. The first kappa shape index (κ1) is 12.6. The van der Waals surface area contributed by atoms with Gasteiger partial charge in [-0.05, 0) is 41.1 Å². The van der Waals surface area contributed by atoms with E-state index in [-0.39, 0.29) is 18.1 Å². The van der Waals surface area contributed by atoms with Crippen LogP contribution in [0.25, 0.3) is 0 Å². The van der Waals surface area contributed by atoms with Crippen molar-refractivity contribution in [3.63, 3.8) is 0 Å². The molecule has 84 valence electrons. The summed E-state index contributed by atoms with van der Waals surface area (Å²) in [6.45, 7) is 8.77. The topological polar surface area (TPSA) is 6.48 Å². The Balaban J connectivity index is 2.73. The average Bonchev–Trinajstić information content (AvgIpc) is 2.44. The molecular weight excluding hydrogens is 189 g/mol. The molecule has 0 saturated heterocycles. The Hall–Kier alpha value is -0.440. The van der Waals surface area contributed by atoms with E-state index in [1.165, 1.54) is 0 Å². The minimum atomic E-state index is -0.899. The molecule has 0 aromatic heterocycles. The van der Waals surface area contributed by atoms with Crippen molar-refractivity contribution in [1.82, 2.24) is 9.62 Å². The molecule has 2 nitrogen and oxygen atoms in total. The van der Waals surface area contributed by atoms with Crippen LogP contribution in [-0.2, 0) is 0 Å². The SMILES string of the molecule is CB1C(B(F)N(C)C)C=CN1C(C)(C)C. The van der Waals surface area contributed by atoms with Crippen molar-refractivity contribution in [1.29, 1.82) is 0 Å². The van der Waals surface area contributed by atoms with Crippen LogP contribution < -0.4 is 0 Å². The highest BCUT2D eigenvalue weighted by atomic mass is 19.1. The molecule has 1 unspecified atom stereocenters. The van der Waals surface area contributed by atoms with Gasteiger partial charge in [-0.15, -0.1) is 0 Å². The predicted octanol–water partition coefficient (Wildman–Crippen LogP) is 2.16. The van der Waals surface area contributed by atoms with E-state index >= 15 is 0 Å². The summed E-state index contributed by atoms with van der Waals surface area (Å²) in [6.07, 6.45) is 4.02. The zero-order valence-electron chi connectivity index (χ0n) is 10.7. The van der Waals surface area contributed by atoms with E-state index in [0.717, 1.165) is 0 Å². The lowest BCUT2D eigenvalue weighted by Gasteiger charge is -2.37. The Morgan fingerprint density at radius 2 is 1.93 bits per heavy atom. The summed E-state index contributed by atoms with van der Waals surface area (Å²) in [5.74, 6) is 0. The van der Waals surface area contributed by atoms with Crippen molar-refractivity contribution < 1.29 is 4.32 Å². The van der Waals surface area contributed by atoms with Gasteiger partial charge in [0.1, 0.15) is 0 Å². The van der Waals surface area contributed by atoms with Crippen LogP contribution in [0, 0.1) is 0 Å². The Morgan fingerprint density at radius 3 is 2.27 bits per heavy atom. The third-order valence-corrected chi connectivity index (χ3v) is 3.05. The average molecular weight is 210 g/mol. The molecule has 0 saturated carbocycles. The summed E-state index contributed by atoms with van der Waals surface area (Å²) in [5.41, 5.74) is 0.0377. The van der Waals surface area contributed by atoms with Crippen molar-refractivity contribution >= 4 is 14.0 Å². The van der Waals surface area contributed by atoms with Crippen LogP contribution in [0.2, 0.25) is 12.5 Å². The molecule has 0 aromatic rings. The summed E-state index contributed by atoms with van der Waals surface area (Å²) in [6, 6.07) is 0. The fourth-order valence-corrected chi connectivity index (χ4v) is 2.17. The number of halogens is 1. The molecule has 0 radical (unpaired) electrons. The van der Waals surface area contributed by atoms with Gasteiger partial charge < -0.3 is 13.9 Å². The minimum absolute atomic E-state index is 0.0285. The van der Waals surface area contributed by atoms with Crippen molar-refractivity contribution in [3.8, 4) is 0 Å². The van der Waals surface area contributed by atoms with Gasteiger partial charge in [-0.2, -0.15) is 0 Å². The first-order valence-corrected chi connectivity index (χ1v) is 5.52. The van der Waals surface area contributed by atoms with E-state index in [9.17, 15) is 4.32 Å². The molecular formula is C10H21B2FN2. The highest BCUT2D eigenvalue weighted by molar-refractivity contribution is 6.75. The lowest BCUT2D eigenvalue weighted by Crippen LogP contribution is -2.49. The Morgan fingerprint density at radius 1 is 1.40 bits per heavy atom. The first-order valence-electron chi connectivity index (χ1n) is 5.52. The van der Waals surface area contributed by atoms with E-state index < -0.39 is 7.12 Å². The minimum Gasteiger partial charge on any atom is -0.417 e. The molecule has 1 atom stereocenters. The van der Waals surface area contributed by atoms with Crippen molar-refractivity contribution in [2.24, 2.45) is 0 Å². The van der Waals surface area contributed by atoms with Gasteiger partial charge in [-0.1, -0.05) is 12.9 Å². The Labute approximate surface area is 93.8 Å². The monoisotopic (exact) mass is 210 g/mol. The number of hydrogen-bond donors (Lipinski definition) is 0. The summed E-state index contributed by atoms with van der Waals surface area (Å²) in [7, 11) is 2.67. The van der Waals surface area contributed by atoms with Gasteiger partial charge in [0.05, 0.1) is 0 Å². The molecule has 0 bridgehead atoms. The van der Waals surface area contributed by atoms with Gasteiger partial charge in [0, 0.05) is 11.3 Å². The second kappa shape index (κ2) is 4.20. The van der Waals surface area contributed by atoms with Gasteiger partial charge in [-0.3, -0.25) is 0 Å². The lowest BCUT2D eigenvalue weighted by atomic mass is 9.40. The highest BCUT2D eigenvalue weighted by Gasteiger charge is 2.43. The first-order chi connectivity index (χ1) is 6.75. The van der Waals surface area contributed by atoms with Crippen LogP contribution in [0.3, 0.4) is 0 Å². The Bertz CT molecular complexity index is 250. The molecule has 0 amide bonds. The van der Waals surface area contributed by atoms with Crippen molar-refractivity contribution in [2.45, 2.75) is 38.8 Å². The van der Waals surface area contributed by atoms with Crippen LogP contribution in [0.15, 0.2) is 12.3 Å². The fraction of sp³-hybridized carbons (Fsp3) is 0.800. The molecule has 0 aromatic carbocycles. The van der Waals surface area contributed by atoms with Gasteiger partial charge in [0.2, 0.25) is 0 Å². The summed E-state index contributed by atoms with van der Waals surface area (Å²) >= 11 is 0. The summed E-state index contributed by atoms with van der Waals surface area (Å²) < 4.78 is 13.9. The quantitative estimate of drug-likeness (QED) is 0.644. The molecule has 0 aliphatic carbocycles. The lowest BCUT2D eigenvalue weighted by molar-refractivity contribution is 0.327. The van der Waals surface area contributed by atoms with Crippen LogP contribution in [0.4, 0.5) is 4.32 Å². The van der Waals surface area contributed by atoms with E-state index in [1.54, 1.807) is 18.9 Å². The van der Waals surface area contributed by atoms with E-state index in [1.807, 2.05) is 12.3 Å². The van der Waals surface area contributed by atoms with E-state index in [0.29, 0.717) is 0 Å². The number of allylic oxidation sites excluding steroid dienone is 1. The molecule has 5 heteroatoms. The van der Waals surface area contributed by atoms with Crippen LogP contribution >= 0.6 is 0 Å². The zero-order valence-corrected chi connectivity index (χ0v) is 10.7. The molecule has 0 spiro atoms. The smallest absolute Gasteiger partial charge is 0.417 e. The number of hydrogen-bond acceptors (Lipinski definition) is 2. The van der Waals surface area contributed by atoms with E-state index in [2.05, 4.69) is 32.4 Å². The summed E-state index contributed by atoms with van der Waals surface area (Å²) in [5, 5.41) is 0. The van der Waals surface area contributed by atoms with Crippen molar-refractivity contribution in [2.75, 3.05) is 14.1 Å². The molecule has 1 rings (SSSR count). The second-order valence-electron chi connectivity index (χ2n) is 5.57. The third kappa shape index (κ3) is 2.57. The highest BCUT2D eigenvalue weighted by Crippen LogP contribution is 2.32.